The number of nitrogens with one attached hydrogen (secondary N) is 1. The minimum atomic E-state index is -0.495. The van der Waals surface area contributed by atoms with Crippen LogP contribution in [0.5, 0.6) is 5.75 Å². The molecule has 8 heteroatoms. The maximum Gasteiger partial charge on any atom is 0.301 e. The second kappa shape index (κ2) is 6.47. The highest BCUT2D eigenvalue weighted by Crippen LogP contribution is 2.27. The molecule has 0 radical (unpaired) electrons. The molecule has 7 nitrogen and oxygen atoms in total. The maximum atomic E-state index is 12.5. The van der Waals surface area contributed by atoms with Crippen molar-refractivity contribution in [2.24, 2.45) is 16.0 Å². The molecule has 0 aliphatic rings. The Balaban J connectivity index is 2.12. The number of nitrogens with zero attached hydrogens (tertiary/aromatic N) is 3. The molecule has 0 fully saturated rings. The number of phenolic OH excluding ortho intramolecular Hbond substituents is 1. The van der Waals surface area contributed by atoms with Gasteiger partial charge in [-0.05, 0) is 24.4 Å². The molecule has 0 unspecified atom stereocenters. The first-order chi connectivity index (χ1) is 11.6. The fourth-order valence-electron chi connectivity index (χ4n) is 2.15. The molecule has 4 N–H and O–H groups in total. The fraction of sp³-hybridized carbons (Fsp3) is 0. The highest BCUT2D eigenvalue weighted by molar-refractivity contribution is 7.80. The molecule has 0 saturated carbocycles. The number of aromatic amines is 1. The Hall–Kier alpha value is -3.26. The minimum absolute atomic E-state index is 0.0596. The molecule has 3 aromatic rings. The molecule has 0 spiro atoms. The Kier molecular flexibility index (Phi) is 4.21. The van der Waals surface area contributed by atoms with Crippen molar-refractivity contribution in [1.29, 1.82) is 0 Å². The molecule has 0 aliphatic carbocycles. The Bertz CT molecular complexity index is 976. The third-order valence-corrected chi connectivity index (χ3v) is 3.43. The zero-order chi connectivity index (χ0) is 17.1. The van der Waals surface area contributed by atoms with E-state index in [9.17, 15) is 9.90 Å². The molecule has 0 saturated heterocycles. The van der Waals surface area contributed by atoms with Gasteiger partial charge in [-0.1, -0.05) is 36.4 Å². The van der Waals surface area contributed by atoms with Crippen molar-refractivity contribution < 1.29 is 5.11 Å². The van der Waals surface area contributed by atoms with Crippen molar-refractivity contribution in [3.8, 4) is 17.0 Å². The van der Waals surface area contributed by atoms with E-state index in [1.165, 1.54) is 12.1 Å². The SMILES string of the molecule is NC(=S)n1[nH]c(-c2ccccc2)c(N=Nc2cccc(O)c2)c1=O. The van der Waals surface area contributed by atoms with Crippen molar-refractivity contribution in [3.05, 3.63) is 65.0 Å². The minimum Gasteiger partial charge on any atom is -0.508 e. The van der Waals surface area contributed by atoms with Crippen LogP contribution in [0.15, 0.2) is 69.6 Å². The van der Waals surface area contributed by atoms with Crippen LogP contribution in [-0.2, 0) is 0 Å². The molecule has 1 heterocycles. The predicted octanol–water partition coefficient (Wildman–Crippen LogP) is 3.06. The molecule has 2 aromatic carbocycles. The van der Waals surface area contributed by atoms with Crippen LogP contribution in [0.1, 0.15) is 0 Å². The summed E-state index contributed by atoms with van der Waals surface area (Å²) in [6.45, 7) is 0. The van der Waals surface area contributed by atoms with Crippen LogP contribution >= 0.6 is 12.2 Å². The van der Waals surface area contributed by atoms with Crippen LogP contribution in [0, 0.1) is 0 Å². The van der Waals surface area contributed by atoms with E-state index in [-0.39, 0.29) is 16.5 Å². The topological polar surface area (TPSA) is 109 Å². The smallest absolute Gasteiger partial charge is 0.301 e. The molecule has 0 amide bonds. The van der Waals surface area contributed by atoms with E-state index >= 15 is 0 Å². The summed E-state index contributed by atoms with van der Waals surface area (Å²) in [5.74, 6) is 0.0596. The Morgan fingerprint density at radius 3 is 2.54 bits per heavy atom. The number of aromatic nitrogens is 2. The van der Waals surface area contributed by atoms with Crippen LogP contribution < -0.4 is 11.3 Å². The van der Waals surface area contributed by atoms with Gasteiger partial charge >= 0.3 is 5.56 Å². The Morgan fingerprint density at radius 2 is 1.88 bits per heavy atom. The lowest BCUT2D eigenvalue weighted by molar-refractivity contribution is 0.475. The highest BCUT2D eigenvalue weighted by atomic mass is 32.1. The first kappa shape index (κ1) is 15.6. The first-order valence-corrected chi connectivity index (χ1v) is 7.38. The van der Waals surface area contributed by atoms with E-state index < -0.39 is 5.56 Å². The zero-order valence-electron chi connectivity index (χ0n) is 12.4. The zero-order valence-corrected chi connectivity index (χ0v) is 13.2. The molecular weight excluding hydrogens is 326 g/mol. The summed E-state index contributed by atoms with van der Waals surface area (Å²) in [5.41, 5.74) is 6.76. The molecule has 120 valence electrons. The molecule has 0 bridgehead atoms. The van der Waals surface area contributed by atoms with E-state index in [1.54, 1.807) is 12.1 Å². The lowest BCUT2D eigenvalue weighted by atomic mass is 10.1. The molecule has 1 aromatic heterocycles. The van der Waals surface area contributed by atoms with Crippen LogP contribution in [0.25, 0.3) is 11.3 Å². The Labute approximate surface area is 142 Å². The van der Waals surface area contributed by atoms with E-state index in [1.807, 2.05) is 30.3 Å². The average Bonchev–Trinajstić information content (AvgIpc) is 2.91. The van der Waals surface area contributed by atoms with E-state index in [0.717, 1.165) is 10.2 Å². The number of rotatable bonds is 3. The van der Waals surface area contributed by atoms with Gasteiger partial charge in [0.15, 0.2) is 10.8 Å². The van der Waals surface area contributed by atoms with E-state index in [2.05, 4.69) is 15.3 Å². The van der Waals surface area contributed by atoms with Gasteiger partial charge in [0.25, 0.3) is 0 Å². The monoisotopic (exact) mass is 339 g/mol. The van der Waals surface area contributed by atoms with Gasteiger partial charge in [-0.3, -0.25) is 9.89 Å². The third kappa shape index (κ3) is 3.08. The lowest BCUT2D eigenvalue weighted by Gasteiger charge is -1.99. The number of hydrogen-bond donors (Lipinski definition) is 3. The Morgan fingerprint density at radius 1 is 1.12 bits per heavy atom. The fourth-order valence-corrected chi connectivity index (χ4v) is 2.27. The number of H-pyrrole nitrogens is 1. The van der Waals surface area contributed by atoms with Gasteiger partial charge in [-0.2, -0.15) is 9.80 Å². The summed E-state index contributed by atoms with van der Waals surface area (Å²) in [6, 6.07) is 15.4. The number of aromatic hydroxyl groups is 1. The van der Waals surface area contributed by atoms with Crippen molar-refractivity contribution >= 4 is 28.7 Å². The van der Waals surface area contributed by atoms with Crippen molar-refractivity contribution in [2.45, 2.75) is 0 Å². The number of nitrogens with two attached hydrogens (primary N) is 1. The predicted molar refractivity (Wildman–Crippen MR) is 95.0 cm³/mol. The summed E-state index contributed by atoms with van der Waals surface area (Å²) < 4.78 is 1.04. The van der Waals surface area contributed by atoms with Gasteiger partial charge in [0.05, 0.1) is 11.4 Å². The summed E-state index contributed by atoms with van der Waals surface area (Å²) in [6.07, 6.45) is 0. The van der Waals surface area contributed by atoms with Gasteiger partial charge < -0.3 is 10.8 Å². The molecule has 0 aliphatic heterocycles. The lowest BCUT2D eigenvalue weighted by Crippen LogP contribution is -2.29. The molecule has 0 atom stereocenters. The summed E-state index contributed by atoms with van der Waals surface area (Å²) in [7, 11) is 0. The van der Waals surface area contributed by atoms with Gasteiger partial charge in [0.2, 0.25) is 0 Å². The maximum absolute atomic E-state index is 12.5. The van der Waals surface area contributed by atoms with Crippen LogP contribution in [0.2, 0.25) is 0 Å². The average molecular weight is 339 g/mol. The number of phenols is 1. The van der Waals surface area contributed by atoms with Crippen molar-refractivity contribution in [3.63, 3.8) is 0 Å². The van der Waals surface area contributed by atoms with Crippen LogP contribution in [0.4, 0.5) is 11.4 Å². The van der Waals surface area contributed by atoms with Crippen molar-refractivity contribution in [1.82, 2.24) is 9.78 Å². The molecule has 24 heavy (non-hydrogen) atoms. The van der Waals surface area contributed by atoms with Gasteiger partial charge in [0.1, 0.15) is 5.75 Å². The highest BCUT2D eigenvalue weighted by Gasteiger charge is 2.16. The second-order valence-corrected chi connectivity index (χ2v) is 5.32. The van der Waals surface area contributed by atoms with E-state index in [4.69, 9.17) is 18.0 Å². The number of thiocarbonyl (C=S) groups is 1. The number of azo groups is 1. The third-order valence-electron chi connectivity index (χ3n) is 3.24. The van der Waals surface area contributed by atoms with E-state index in [0.29, 0.717) is 11.4 Å². The van der Waals surface area contributed by atoms with Gasteiger partial charge in [-0.15, -0.1) is 5.11 Å². The summed E-state index contributed by atoms with van der Waals surface area (Å²) in [4.78, 5) is 12.5. The second-order valence-electron chi connectivity index (χ2n) is 4.90. The summed E-state index contributed by atoms with van der Waals surface area (Å²) >= 11 is 4.87. The quantitative estimate of drug-likeness (QED) is 0.503. The largest absolute Gasteiger partial charge is 0.508 e. The molecule has 3 rings (SSSR count). The van der Waals surface area contributed by atoms with Crippen LogP contribution in [-0.4, -0.2) is 20.0 Å². The standard InChI is InChI=1S/C16H13N5O2S/c17-16(24)21-15(23)14(13(20-21)10-5-2-1-3-6-10)19-18-11-7-4-8-12(22)9-11/h1-9,20,22H,(H2,17,24). The van der Waals surface area contributed by atoms with Gasteiger partial charge in [-0.25, -0.2) is 0 Å². The number of hydrogen-bond acceptors (Lipinski definition) is 5. The first-order valence-electron chi connectivity index (χ1n) is 6.97. The van der Waals surface area contributed by atoms with Crippen LogP contribution in [0.3, 0.4) is 0 Å². The van der Waals surface area contributed by atoms with Gasteiger partial charge in [0, 0.05) is 11.6 Å². The molecular formula is C16H13N5O2S. The van der Waals surface area contributed by atoms with Crippen molar-refractivity contribution in [2.75, 3.05) is 0 Å². The number of benzene rings is 2. The summed E-state index contributed by atoms with van der Waals surface area (Å²) in [5, 5.41) is 20.2. The normalized spacial score (nSPS) is 11.0.